The lowest BCUT2D eigenvalue weighted by Crippen LogP contribution is -2.41. The quantitative estimate of drug-likeness (QED) is 0.836. The van der Waals surface area contributed by atoms with Gasteiger partial charge in [0.15, 0.2) is 0 Å². The van der Waals surface area contributed by atoms with Crippen LogP contribution >= 0.6 is 0 Å². The van der Waals surface area contributed by atoms with Gasteiger partial charge < -0.3 is 15.8 Å². The number of benzene rings is 1. The molecule has 3 rings (SSSR count). The largest absolute Gasteiger partial charge is 0.491 e. The lowest BCUT2D eigenvalue weighted by molar-refractivity contribution is 0.192. The Labute approximate surface area is 127 Å². The molecule has 4 heteroatoms. The molecule has 2 atom stereocenters. The van der Waals surface area contributed by atoms with E-state index in [0.29, 0.717) is 12.1 Å². The topological polar surface area (TPSA) is 50.5 Å². The average molecular weight is 289 g/mol. The zero-order valence-corrected chi connectivity index (χ0v) is 13.1. The van der Waals surface area contributed by atoms with Gasteiger partial charge in [-0.05, 0) is 45.7 Å². The second-order valence-electron chi connectivity index (χ2n) is 6.60. The molecule has 0 bridgehead atoms. The zero-order valence-electron chi connectivity index (χ0n) is 13.1. The molecule has 0 aromatic heterocycles. The summed E-state index contributed by atoms with van der Waals surface area (Å²) < 4.78 is 5.78. The Hall–Kier alpha value is -1.42. The fraction of sp³-hybridized carbons (Fsp3) is 0.647. The minimum absolute atomic E-state index is 0.167. The van der Waals surface area contributed by atoms with Gasteiger partial charge in [0, 0.05) is 42.1 Å². The summed E-state index contributed by atoms with van der Waals surface area (Å²) in [6, 6.07) is 7.21. The van der Waals surface area contributed by atoms with E-state index in [-0.39, 0.29) is 6.10 Å². The highest BCUT2D eigenvalue weighted by atomic mass is 16.5. The monoisotopic (exact) mass is 289 g/mol. The van der Waals surface area contributed by atoms with Crippen molar-refractivity contribution in [3.63, 3.8) is 0 Å². The maximum absolute atomic E-state index is 6.01. The molecule has 0 saturated carbocycles. The van der Waals surface area contributed by atoms with Gasteiger partial charge in [0.1, 0.15) is 5.75 Å². The lowest BCUT2D eigenvalue weighted by atomic mass is 9.99. The number of anilines is 2. The zero-order chi connectivity index (χ0) is 14.8. The number of nitrogens with two attached hydrogens (primary N) is 1. The summed E-state index contributed by atoms with van der Waals surface area (Å²) in [7, 11) is 0. The van der Waals surface area contributed by atoms with Crippen molar-refractivity contribution < 1.29 is 4.74 Å². The SMILES string of the molecule is CC(C)Oc1cc(N)cc(NC2CCN3CCCCC23)c1. The Bertz CT molecular complexity index is 489. The van der Waals surface area contributed by atoms with Gasteiger partial charge in [0.25, 0.3) is 0 Å². The summed E-state index contributed by atoms with van der Waals surface area (Å²) in [4.78, 5) is 2.64. The molecule has 2 fully saturated rings. The molecule has 0 spiro atoms. The van der Waals surface area contributed by atoms with Crippen LogP contribution in [0.2, 0.25) is 0 Å². The molecule has 1 aromatic carbocycles. The van der Waals surface area contributed by atoms with Crippen LogP contribution in [-0.2, 0) is 0 Å². The van der Waals surface area contributed by atoms with Crippen LogP contribution in [0, 0.1) is 0 Å². The number of nitrogens with one attached hydrogen (secondary N) is 1. The van der Waals surface area contributed by atoms with Crippen molar-refractivity contribution in [1.82, 2.24) is 4.90 Å². The first-order chi connectivity index (χ1) is 10.1. The highest BCUT2D eigenvalue weighted by Gasteiger charge is 2.35. The minimum atomic E-state index is 0.167. The van der Waals surface area contributed by atoms with E-state index in [9.17, 15) is 0 Å². The average Bonchev–Trinajstić information content (AvgIpc) is 2.81. The second kappa shape index (κ2) is 6.14. The third kappa shape index (κ3) is 3.43. The second-order valence-corrected chi connectivity index (χ2v) is 6.60. The summed E-state index contributed by atoms with van der Waals surface area (Å²) in [6.07, 6.45) is 5.42. The van der Waals surface area contributed by atoms with Gasteiger partial charge in [-0.25, -0.2) is 0 Å². The molecule has 3 N–H and O–H groups in total. The summed E-state index contributed by atoms with van der Waals surface area (Å²) in [5.74, 6) is 0.853. The maximum Gasteiger partial charge on any atom is 0.123 e. The van der Waals surface area contributed by atoms with Crippen molar-refractivity contribution in [2.45, 2.75) is 57.7 Å². The molecule has 0 amide bonds. The number of hydrogen-bond acceptors (Lipinski definition) is 4. The summed E-state index contributed by atoms with van der Waals surface area (Å²) in [5.41, 5.74) is 7.86. The van der Waals surface area contributed by atoms with E-state index in [0.717, 1.165) is 17.1 Å². The molecule has 2 unspecified atom stereocenters. The van der Waals surface area contributed by atoms with Crippen LogP contribution in [0.5, 0.6) is 5.75 Å². The third-order valence-corrected chi connectivity index (χ3v) is 4.51. The van der Waals surface area contributed by atoms with Crippen molar-refractivity contribution in [2.24, 2.45) is 0 Å². The summed E-state index contributed by atoms with van der Waals surface area (Å²) in [6.45, 7) is 6.56. The first-order valence-electron chi connectivity index (χ1n) is 8.19. The van der Waals surface area contributed by atoms with Crippen molar-refractivity contribution in [2.75, 3.05) is 24.1 Å². The Morgan fingerprint density at radius 2 is 2.05 bits per heavy atom. The highest BCUT2D eigenvalue weighted by Crippen LogP contribution is 2.31. The molecule has 2 aliphatic rings. The van der Waals surface area contributed by atoms with E-state index in [1.807, 2.05) is 26.0 Å². The lowest BCUT2D eigenvalue weighted by Gasteiger charge is -2.33. The molecule has 2 aliphatic heterocycles. The van der Waals surface area contributed by atoms with Crippen LogP contribution in [0.4, 0.5) is 11.4 Å². The molecular formula is C17H27N3O. The maximum atomic E-state index is 6.01. The van der Waals surface area contributed by atoms with E-state index in [4.69, 9.17) is 10.5 Å². The smallest absolute Gasteiger partial charge is 0.123 e. The Kier molecular flexibility index (Phi) is 4.24. The van der Waals surface area contributed by atoms with Crippen molar-refractivity contribution in [1.29, 1.82) is 0 Å². The van der Waals surface area contributed by atoms with E-state index < -0.39 is 0 Å². The van der Waals surface area contributed by atoms with E-state index in [2.05, 4.69) is 16.3 Å². The van der Waals surface area contributed by atoms with Crippen LogP contribution in [0.15, 0.2) is 18.2 Å². The minimum Gasteiger partial charge on any atom is -0.491 e. The Morgan fingerprint density at radius 3 is 2.86 bits per heavy atom. The van der Waals surface area contributed by atoms with Crippen molar-refractivity contribution in [3.05, 3.63) is 18.2 Å². The van der Waals surface area contributed by atoms with Gasteiger partial charge >= 0.3 is 0 Å². The molecule has 2 saturated heterocycles. The molecule has 0 aliphatic carbocycles. The molecule has 2 heterocycles. The van der Waals surface area contributed by atoms with Crippen LogP contribution in [-0.4, -0.2) is 36.2 Å². The third-order valence-electron chi connectivity index (χ3n) is 4.51. The molecule has 1 aromatic rings. The van der Waals surface area contributed by atoms with Crippen LogP contribution in [0.3, 0.4) is 0 Å². The molecule has 116 valence electrons. The number of rotatable bonds is 4. The van der Waals surface area contributed by atoms with E-state index in [1.165, 1.54) is 38.8 Å². The first-order valence-corrected chi connectivity index (χ1v) is 8.19. The van der Waals surface area contributed by atoms with Gasteiger partial charge in [-0.1, -0.05) is 6.42 Å². The Morgan fingerprint density at radius 1 is 1.19 bits per heavy atom. The van der Waals surface area contributed by atoms with E-state index in [1.54, 1.807) is 0 Å². The van der Waals surface area contributed by atoms with Gasteiger partial charge in [0.05, 0.1) is 6.10 Å². The fourth-order valence-electron chi connectivity index (χ4n) is 3.68. The number of fused-ring (bicyclic) bond motifs is 1. The van der Waals surface area contributed by atoms with Crippen LogP contribution < -0.4 is 15.8 Å². The van der Waals surface area contributed by atoms with Gasteiger partial charge in [0.2, 0.25) is 0 Å². The van der Waals surface area contributed by atoms with Crippen LogP contribution in [0.25, 0.3) is 0 Å². The number of nitrogens with zero attached hydrogens (tertiary/aromatic N) is 1. The molecule has 4 nitrogen and oxygen atoms in total. The number of piperidine rings is 1. The van der Waals surface area contributed by atoms with E-state index >= 15 is 0 Å². The van der Waals surface area contributed by atoms with Gasteiger partial charge in [-0.2, -0.15) is 0 Å². The van der Waals surface area contributed by atoms with Gasteiger partial charge in [-0.3, -0.25) is 4.90 Å². The molecular weight excluding hydrogens is 262 g/mol. The van der Waals surface area contributed by atoms with Gasteiger partial charge in [-0.15, -0.1) is 0 Å². The standard InChI is InChI=1S/C17H27N3O/c1-12(2)21-15-10-13(18)9-14(11-15)19-16-6-8-20-7-4-3-5-17(16)20/h9-12,16-17,19H,3-8,18H2,1-2H3. The molecule has 0 radical (unpaired) electrons. The molecule has 21 heavy (non-hydrogen) atoms. The summed E-state index contributed by atoms with van der Waals surface area (Å²) >= 11 is 0. The van der Waals surface area contributed by atoms with Crippen LogP contribution in [0.1, 0.15) is 39.5 Å². The van der Waals surface area contributed by atoms with Crippen molar-refractivity contribution in [3.8, 4) is 5.75 Å². The number of ether oxygens (including phenoxy) is 1. The fourth-order valence-corrected chi connectivity index (χ4v) is 3.68. The first kappa shape index (κ1) is 14.5. The Balaban J connectivity index is 1.71. The van der Waals surface area contributed by atoms with Crippen molar-refractivity contribution >= 4 is 11.4 Å². The number of hydrogen-bond donors (Lipinski definition) is 2. The normalized spacial score (nSPS) is 25.9. The predicted molar refractivity (Wildman–Crippen MR) is 87.9 cm³/mol. The summed E-state index contributed by atoms with van der Waals surface area (Å²) in [5, 5.41) is 3.69. The number of nitrogen functional groups attached to an aromatic ring is 1. The predicted octanol–water partition coefficient (Wildman–Crippen LogP) is 3.09. The highest BCUT2D eigenvalue weighted by molar-refractivity contribution is 5.59.